The molecule has 9 heteroatoms. The molecule has 0 unspecified atom stereocenters. The zero-order chi connectivity index (χ0) is 17.3. The smallest absolute Gasteiger partial charge is 0.246 e. The number of fused-ring (bicyclic) bond motifs is 1. The first kappa shape index (κ1) is 17.3. The first-order chi connectivity index (χ1) is 11.6. The fourth-order valence-corrected chi connectivity index (χ4v) is 2.89. The van der Waals surface area contributed by atoms with Crippen LogP contribution in [0.25, 0.3) is 11.2 Å². The average Bonchev–Trinajstić information content (AvgIpc) is 3.10. The molecule has 0 amide bonds. The number of imidazole rings is 1. The summed E-state index contributed by atoms with van der Waals surface area (Å²) >= 11 is 5.98. The third-order valence-corrected chi connectivity index (χ3v) is 4.40. The Kier molecular flexibility index (Phi) is 5.17. The minimum absolute atomic E-state index is 0.00379. The number of rotatable bonds is 6. The zero-order valence-electron chi connectivity index (χ0n) is 13.5. The van der Waals surface area contributed by atoms with E-state index in [2.05, 4.69) is 21.9 Å². The lowest BCUT2D eigenvalue weighted by Crippen LogP contribution is -2.21. The highest BCUT2D eigenvalue weighted by atomic mass is 35.5. The van der Waals surface area contributed by atoms with Gasteiger partial charge in [0, 0.05) is 5.92 Å². The molecule has 3 rings (SSSR count). The molecule has 3 heterocycles. The molecule has 2 aromatic heterocycles. The molecule has 1 fully saturated rings. The molecular formula is C15H20ClFN4O3. The number of ether oxygens (including phenoxy) is 2. The third kappa shape index (κ3) is 3.05. The van der Waals surface area contributed by atoms with Crippen molar-refractivity contribution in [1.82, 2.24) is 19.5 Å². The second-order valence-corrected chi connectivity index (χ2v) is 6.21. The Morgan fingerprint density at radius 2 is 2.25 bits per heavy atom. The van der Waals surface area contributed by atoms with Gasteiger partial charge < -0.3 is 14.6 Å². The van der Waals surface area contributed by atoms with Gasteiger partial charge in [0.2, 0.25) is 11.2 Å². The van der Waals surface area contributed by atoms with E-state index in [1.165, 1.54) is 10.9 Å². The molecule has 0 radical (unpaired) electrons. The van der Waals surface area contributed by atoms with Gasteiger partial charge in [-0.1, -0.05) is 20.3 Å². The van der Waals surface area contributed by atoms with E-state index in [9.17, 15) is 9.50 Å². The Hall–Kier alpha value is -1.51. The van der Waals surface area contributed by atoms with Crippen LogP contribution in [0.2, 0.25) is 5.28 Å². The number of aromatic nitrogens is 4. The van der Waals surface area contributed by atoms with Crippen LogP contribution in [-0.4, -0.2) is 50.1 Å². The molecule has 0 saturated carbocycles. The zero-order valence-corrected chi connectivity index (χ0v) is 14.3. The predicted octanol–water partition coefficient (Wildman–Crippen LogP) is 2.52. The molecule has 2 aromatic rings. The van der Waals surface area contributed by atoms with E-state index < -0.39 is 24.4 Å². The summed E-state index contributed by atoms with van der Waals surface area (Å²) < 4.78 is 27.3. The summed E-state index contributed by atoms with van der Waals surface area (Å²) in [6.07, 6.45) is 0.509. The molecule has 0 aliphatic carbocycles. The Morgan fingerprint density at radius 3 is 2.92 bits per heavy atom. The van der Waals surface area contributed by atoms with E-state index in [-0.39, 0.29) is 17.8 Å². The standard InChI is InChI=1S/C15H20ClFN4O3/c1-3-4-5-23-13-11-12(19-15(16)20-13)21(7-18-11)14-10(17)8(2)9(6-22)24-14/h7-10,14,22H,3-6H2,1-2H3/t8-,9-,10+,14-/m1/s1. The van der Waals surface area contributed by atoms with Crippen molar-refractivity contribution in [2.75, 3.05) is 13.2 Å². The van der Waals surface area contributed by atoms with Gasteiger partial charge in [0.15, 0.2) is 23.6 Å². The van der Waals surface area contributed by atoms with Crippen LogP contribution in [0.3, 0.4) is 0 Å². The van der Waals surface area contributed by atoms with Gasteiger partial charge in [0.1, 0.15) is 0 Å². The Labute approximate surface area is 143 Å². The highest BCUT2D eigenvalue weighted by Gasteiger charge is 2.43. The van der Waals surface area contributed by atoms with Crippen molar-refractivity contribution >= 4 is 22.8 Å². The van der Waals surface area contributed by atoms with Gasteiger partial charge in [-0.05, 0) is 18.0 Å². The van der Waals surface area contributed by atoms with Gasteiger partial charge in [-0.2, -0.15) is 9.97 Å². The van der Waals surface area contributed by atoms with Gasteiger partial charge in [0.05, 0.1) is 25.6 Å². The van der Waals surface area contributed by atoms with Crippen LogP contribution >= 0.6 is 11.6 Å². The minimum atomic E-state index is -1.29. The van der Waals surface area contributed by atoms with Crippen molar-refractivity contribution in [2.24, 2.45) is 5.92 Å². The van der Waals surface area contributed by atoms with Crippen molar-refractivity contribution in [3.63, 3.8) is 0 Å². The molecule has 4 atom stereocenters. The monoisotopic (exact) mass is 358 g/mol. The fourth-order valence-electron chi connectivity index (χ4n) is 2.74. The van der Waals surface area contributed by atoms with Crippen LogP contribution in [0.15, 0.2) is 6.33 Å². The summed E-state index contributed by atoms with van der Waals surface area (Å²) in [6, 6.07) is 0. The Morgan fingerprint density at radius 1 is 1.46 bits per heavy atom. The van der Waals surface area contributed by atoms with Gasteiger partial charge in [-0.3, -0.25) is 4.57 Å². The summed E-state index contributed by atoms with van der Waals surface area (Å²) in [5.41, 5.74) is 0.756. The van der Waals surface area contributed by atoms with Crippen molar-refractivity contribution in [1.29, 1.82) is 0 Å². The van der Waals surface area contributed by atoms with Crippen molar-refractivity contribution in [3.8, 4) is 5.88 Å². The number of halogens is 2. The maximum atomic E-state index is 14.6. The van der Waals surface area contributed by atoms with Gasteiger partial charge in [-0.15, -0.1) is 0 Å². The van der Waals surface area contributed by atoms with E-state index in [4.69, 9.17) is 21.1 Å². The number of aliphatic hydroxyl groups is 1. The largest absolute Gasteiger partial charge is 0.476 e. The molecule has 1 saturated heterocycles. The molecule has 24 heavy (non-hydrogen) atoms. The van der Waals surface area contributed by atoms with Gasteiger partial charge in [0.25, 0.3) is 0 Å². The fraction of sp³-hybridized carbons (Fsp3) is 0.667. The van der Waals surface area contributed by atoms with Crippen LogP contribution < -0.4 is 4.74 Å². The molecule has 132 valence electrons. The van der Waals surface area contributed by atoms with Crippen LogP contribution in [0.4, 0.5) is 4.39 Å². The number of aliphatic hydroxyl groups excluding tert-OH is 1. The normalized spacial score (nSPS) is 27.0. The Bertz CT molecular complexity index is 713. The topological polar surface area (TPSA) is 82.3 Å². The summed E-state index contributed by atoms with van der Waals surface area (Å²) in [6.45, 7) is 4.00. The minimum Gasteiger partial charge on any atom is -0.476 e. The van der Waals surface area contributed by atoms with E-state index in [1.807, 2.05) is 0 Å². The quantitative estimate of drug-likeness (QED) is 0.631. The first-order valence-electron chi connectivity index (χ1n) is 8.00. The third-order valence-electron chi connectivity index (χ3n) is 4.23. The SMILES string of the molecule is CCCCOc1nc(Cl)nc2c1ncn2[C@@H]1O[C@H](CO)[C@@H](C)[C@@H]1F. The molecule has 1 aliphatic heterocycles. The molecule has 0 bridgehead atoms. The van der Waals surface area contributed by atoms with E-state index in [0.717, 1.165) is 12.8 Å². The van der Waals surface area contributed by atoms with Crippen molar-refractivity contribution < 1.29 is 19.0 Å². The number of unbranched alkanes of at least 4 members (excludes halogenated alkanes) is 1. The molecule has 0 aromatic carbocycles. The van der Waals surface area contributed by atoms with E-state index in [0.29, 0.717) is 17.8 Å². The van der Waals surface area contributed by atoms with Crippen molar-refractivity contribution in [3.05, 3.63) is 11.6 Å². The first-order valence-corrected chi connectivity index (χ1v) is 8.37. The summed E-state index contributed by atoms with van der Waals surface area (Å²) in [7, 11) is 0. The summed E-state index contributed by atoms with van der Waals surface area (Å²) in [4.78, 5) is 12.4. The summed E-state index contributed by atoms with van der Waals surface area (Å²) in [5.74, 6) is -0.160. The molecule has 7 nitrogen and oxygen atoms in total. The second-order valence-electron chi connectivity index (χ2n) is 5.88. The average molecular weight is 359 g/mol. The lowest BCUT2D eigenvalue weighted by Gasteiger charge is -2.15. The lowest BCUT2D eigenvalue weighted by molar-refractivity contribution is -0.0378. The highest BCUT2D eigenvalue weighted by molar-refractivity contribution is 6.28. The van der Waals surface area contributed by atoms with Crippen LogP contribution in [0.1, 0.15) is 32.9 Å². The number of hydrogen-bond acceptors (Lipinski definition) is 6. The number of alkyl halides is 1. The second kappa shape index (κ2) is 7.16. The van der Waals surface area contributed by atoms with Gasteiger partial charge in [-0.25, -0.2) is 9.37 Å². The molecule has 0 spiro atoms. The molecular weight excluding hydrogens is 339 g/mol. The van der Waals surface area contributed by atoms with Gasteiger partial charge >= 0.3 is 0 Å². The van der Waals surface area contributed by atoms with Crippen molar-refractivity contribution in [2.45, 2.75) is 45.2 Å². The van der Waals surface area contributed by atoms with Crippen LogP contribution in [-0.2, 0) is 4.74 Å². The maximum Gasteiger partial charge on any atom is 0.246 e. The number of nitrogens with zero attached hydrogens (tertiary/aromatic N) is 4. The summed E-state index contributed by atoms with van der Waals surface area (Å²) in [5, 5.41) is 9.30. The molecule has 1 aliphatic rings. The number of hydrogen-bond donors (Lipinski definition) is 1. The van der Waals surface area contributed by atoms with Crippen LogP contribution in [0.5, 0.6) is 5.88 Å². The Balaban J connectivity index is 1.95. The van der Waals surface area contributed by atoms with Crippen LogP contribution in [0, 0.1) is 5.92 Å². The predicted molar refractivity (Wildman–Crippen MR) is 85.8 cm³/mol. The van der Waals surface area contributed by atoms with E-state index >= 15 is 0 Å². The molecule has 1 N–H and O–H groups in total. The maximum absolute atomic E-state index is 14.6. The van der Waals surface area contributed by atoms with E-state index in [1.54, 1.807) is 6.92 Å². The highest BCUT2D eigenvalue weighted by Crippen LogP contribution is 2.38. The lowest BCUT2D eigenvalue weighted by atomic mass is 10.0.